The van der Waals surface area contributed by atoms with Crippen molar-refractivity contribution in [2.75, 3.05) is 13.2 Å². The predicted octanol–water partition coefficient (Wildman–Crippen LogP) is 3.38. The number of benzene rings is 1. The number of hydrogen-bond acceptors (Lipinski definition) is 5. The SMILES string of the molecule is CC/C(=C/c1ccc(OCCCC(=O)NCC(=O)O)c(Cl)c1Cl)[N+](=O)[O-]. The maximum Gasteiger partial charge on any atom is 0.322 e. The number of carbonyl (C=O) groups is 2. The highest BCUT2D eigenvalue weighted by Gasteiger charge is 2.14. The first-order valence-electron chi connectivity index (χ1n) is 7.70. The summed E-state index contributed by atoms with van der Waals surface area (Å²) in [6.45, 7) is 1.40. The molecule has 2 N–H and O–H groups in total. The minimum atomic E-state index is -1.12. The lowest BCUT2D eigenvalue weighted by Crippen LogP contribution is -2.29. The van der Waals surface area contributed by atoms with Gasteiger partial charge in [-0.1, -0.05) is 30.1 Å². The smallest absolute Gasteiger partial charge is 0.322 e. The molecular formula is C16H18Cl2N2O6. The molecule has 1 aromatic carbocycles. The summed E-state index contributed by atoms with van der Waals surface area (Å²) in [5.41, 5.74) is 0.412. The Morgan fingerprint density at radius 3 is 2.62 bits per heavy atom. The second-order valence-corrected chi connectivity index (χ2v) is 5.91. The Kier molecular flexibility index (Phi) is 8.87. The van der Waals surface area contributed by atoms with Crippen molar-refractivity contribution < 1.29 is 24.4 Å². The summed E-state index contributed by atoms with van der Waals surface area (Å²) in [6.07, 6.45) is 2.04. The van der Waals surface area contributed by atoms with Crippen LogP contribution in [0.3, 0.4) is 0 Å². The number of allylic oxidation sites excluding steroid dienone is 1. The summed E-state index contributed by atoms with van der Waals surface area (Å²) in [5, 5.41) is 21.8. The zero-order valence-corrected chi connectivity index (χ0v) is 15.5. The van der Waals surface area contributed by atoms with Crippen LogP contribution in [0.1, 0.15) is 31.7 Å². The molecule has 1 amide bonds. The molecule has 1 aromatic rings. The fraction of sp³-hybridized carbons (Fsp3) is 0.375. The van der Waals surface area contributed by atoms with Gasteiger partial charge in [0.1, 0.15) is 17.3 Å². The minimum absolute atomic E-state index is 0.00371. The van der Waals surface area contributed by atoms with E-state index in [2.05, 4.69) is 5.32 Å². The molecule has 0 radical (unpaired) electrons. The van der Waals surface area contributed by atoms with Gasteiger partial charge in [0, 0.05) is 24.5 Å². The number of nitro groups is 1. The van der Waals surface area contributed by atoms with Crippen molar-refractivity contribution in [1.29, 1.82) is 0 Å². The molecule has 0 saturated carbocycles. The fourth-order valence-corrected chi connectivity index (χ4v) is 2.35. The number of amides is 1. The molecule has 0 saturated heterocycles. The first-order chi connectivity index (χ1) is 12.3. The Bertz CT molecular complexity index is 721. The molecule has 1 rings (SSSR count). The molecule has 10 heteroatoms. The van der Waals surface area contributed by atoms with Gasteiger partial charge in [-0.05, 0) is 18.6 Å². The van der Waals surface area contributed by atoms with Crippen LogP contribution in [0.4, 0.5) is 0 Å². The van der Waals surface area contributed by atoms with E-state index in [-0.39, 0.29) is 35.2 Å². The Labute approximate surface area is 159 Å². The number of nitrogens with zero attached hydrogens (tertiary/aromatic N) is 1. The lowest BCUT2D eigenvalue weighted by atomic mass is 10.1. The van der Waals surface area contributed by atoms with Gasteiger partial charge < -0.3 is 15.2 Å². The number of carbonyl (C=O) groups excluding carboxylic acids is 1. The molecule has 0 spiro atoms. The second-order valence-electron chi connectivity index (χ2n) is 5.15. The fourth-order valence-electron chi connectivity index (χ4n) is 1.91. The Morgan fingerprint density at radius 2 is 2.04 bits per heavy atom. The quantitative estimate of drug-likeness (QED) is 0.350. The molecule has 0 aliphatic carbocycles. The number of ether oxygens (including phenoxy) is 1. The van der Waals surface area contributed by atoms with Crippen molar-refractivity contribution in [3.63, 3.8) is 0 Å². The van der Waals surface area contributed by atoms with Crippen molar-refractivity contribution >= 4 is 41.2 Å². The molecule has 26 heavy (non-hydrogen) atoms. The van der Waals surface area contributed by atoms with Crippen LogP contribution in [0.2, 0.25) is 10.0 Å². The van der Waals surface area contributed by atoms with Gasteiger partial charge in [0.2, 0.25) is 11.6 Å². The topological polar surface area (TPSA) is 119 Å². The zero-order chi connectivity index (χ0) is 19.7. The highest BCUT2D eigenvalue weighted by Crippen LogP contribution is 2.36. The number of carboxylic acids is 1. The molecule has 0 aliphatic heterocycles. The van der Waals surface area contributed by atoms with Crippen LogP contribution in [0.25, 0.3) is 6.08 Å². The number of aliphatic carboxylic acids is 1. The van der Waals surface area contributed by atoms with Crippen LogP contribution in [0.5, 0.6) is 5.75 Å². The number of halogens is 2. The number of rotatable bonds is 10. The van der Waals surface area contributed by atoms with Crippen molar-refractivity contribution in [3.8, 4) is 5.75 Å². The molecule has 0 bridgehead atoms. The Hall–Kier alpha value is -2.32. The lowest BCUT2D eigenvalue weighted by Gasteiger charge is -2.10. The van der Waals surface area contributed by atoms with Gasteiger partial charge in [-0.3, -0.25) is 19.7 Å². The Morgan fingerprint density at radius 1 is 1.35 bits per heavy atom. The maximum absolute atomic E-state index is 11.4. The number of hydrogen-bond donors (Lipinski definition) is 2. The summed E-state index contributed by atoms with van der Waals surface area (Å²) in [6, 6.07) is 3.10. The highest BCUT2D eigenvalue weighted by molar-refractivity contribution is 6.43. The van der Waals surface area contributed by atoms with E-state index < -0.39 is 23.3 Å². The summed E-state index contributed by atoms with van der Waals surface area (Å²) < 4.78 is 5.46. The summed E-state index contributed by atoms with van der Waals surface area (Å²) in [7, 11) is 0. The molecule has 0 atom stereocenters. The van der Waals surface area contributed by atoms with Gasteiger partial charge >= 0.3 is 5.97 Å². The van der Waals surface area contributed by atoms with E-state index in [9.17, 15) is 19.7 Å². The van der Waals surface area contributed by atoms with E-state index in [4.69, 9.17) is 33.0 Å². The van der Waals surface area contributed by atoms with Gasteiger partial charge in [0.15, 0.2) is 0 Å². The number of carboxylic acid groups (broad SMARTS) is 1. The maximum atomic E-state index is 11.4. The molecule has 142 valence electrons. The van der Waals surface area contributed by atoms with Gasteiger partial charge in [-0.2, -0.15) is 0 Å². The van der Waals surface area contributed by atoms with Crippen molar-refractivity contribution in [2.24, 2.45) is 0 Å². The lowest BCUT2D eigenvalue weighted by molar-refractivity contribution is -0.425. The van der Waals surface area contributed by atoms with Crippen LogP contribution in [0.15, 0.2) is 17.8 Å². The van der Waals surface area contributed by atoms with Gasteiger partial charge in [0.05, 0.1) is 16.6 Å². The molecule has 8 nitrogen and oxygen atoms in total. The van der Waals surface area contributed by atoms with E-state index in [0.29, 0.717) is 17.7 Å². The molecule has 0 aliphatic rings. The second kappa shape index (κ2) is 10.6. The molecular weight excluding hydrogens is 387 g/mol. The van der Waals surface area contributed by atoms with Crippen LogP contribution < -0.4 is 10.1 Å². The van der Waals surface area contributed by atoms with Gasteiger partial charge in [-0.15, -0.1) is 0 Å². The van der Waals surface area contributed by atoms with Crippen molar-refractivity contribution in [2.45, 2.75) is 26.2 Å². The number of nitrogens with one attached hydrogen (secondary N) is 1. The highest BCUT2D eigenvalue weighted by atomic mass is 35.5. The molecule has 0 heterocycles. The van der Waals surface area contributed by atoms with Crippen LogP contribution in [-0.4, -0.2) is 35.1 Å². The monoisotopic (exact) mass is 404 g/mol. The van der Waals surface area contributed by atoms with Crippen LogP contribution in [-0.2, 0) is 9.59 Å². The first kappa shape index (κ1) is 21.7. The predicted molar refractivity (Wildman–Crippen MR) is 97.1 cm³/mol. The minimum Gasteiger partial charge on any atom is -0.492 e. The van der Waals surface area contributed by atoms with Gasteiger partial charge in [0.25, 0.3) is 0 Å². The van der Waals surface area contributed by atoms with Gasteiger partial charge in [-0.25, -0.2) is 0 Å². The third-order valence-electron chi connectivity index (χ3n) is 3.24. The van der Waals surface area contributed by atoms with Crippen LogP contribution in [0, 0.1) is 10.1 Å². The average Bonchev–Trinajstić information content (AvgIpc) is 2.59. The molecule has 0 fully saturated rings. The van der Waals surface area contributed by atoms with E-state index in [1.165, 1.54) is 12.1 Å². The van der Waals surface area contributed by atoms with Crippen LogP contribution >= 0.6 is 23.2 Å². The third kappa shape index (κ3) is 6.89. The molecule has 0 aromatic heterocycles. The van der Waals surface area contributed by atoms with E-state index in [0.717, 1.165) is 0 Å². The largest absolute Gasteiger partial charge is 0.492 e. The summed E-state index contributed by atoms with van der Waals surface area (Å²) in [5.74, 6) is -1.22. The van der Waals surface area contributed by atoms with E-state index >= 15 is 0 Å². The summed E-state index contributed by atoms with van der Waals surface area (Å²) >= 11 is 12.3. The zero-order valence-electron chi connectivity index (χ0n) is 14.0. The Balaban J connectivity index is 2.65. The summed E-state index contributed by atoms with van der Waals surface area (Å²) in [4.78, 5) is 32.1. The third-order valence-corrected chi connectivity index (χ3v) is 4.12. The van der Waals surface area contributed by atoms with Crippen molar-refractivity contribution in [3.05, 3.63) is 43.6 Å². The van der Waals surface area contributed by atoms with Crippen molar-refractivity contribution in [1.82, 2.24) is 5.32 Å². The normalized spacial score (nSPS) is 11.1. The standard InChI is InChI=1S/C16H18Cl2N2O6/c1-2-11(20(24)25)8-10-5-6-12(16(18)15(10)17)26-7-3-4-13(21)19-9-14(22)23/h5-6,8H,2-4,7,9H2,1H3,(H,19,21)(H,22,23)/b11-8-. The average molecular weight is 405 g/mol. The first-order valence-corrected chi connectivity index (χ1v) is 8.46. The molecule has 0 unspecified atom stereocenters. The van der Waals surface area contributed by atoms with E-state index in [1.807, 2.05) is 0 Å². The van der Waals surface area contributed by atoms with E-state index in [1.54, 1.807) is 13.0 Å².